The fraction of sp³-hybridized carbons (Fsp3) is 0.250. The molecule has 2 heterocycles. The number of carbonyl (C=O) groups excluding carboxylic acids is 2. The molecule has 0 spiro atoms. The molecule has 3 rings (SSSR count). The number of methoxy groups -OCH3 is 1. The van der Waals surface area contributed by atoms with Crippen molar-refractivity contribution in [3.05, 3.63) is 50.9 Å². The van der Waals surface area contributed by atoms with Crippen LogP contribution in [0.1, 0.15) is 32.6 Å². The lowest BCUT2D eigenvalue weighted by Crippen LogP contribution is -2.46. The zero-order chi connectivity index (χ0) is 19.2. The molecule has 1 atom stereocenters. The number of amides is 1. The van der Waals surface area contributed by atoms with Gasteiger partial charge in [0.05, 0.1) is 25.4 Å². The van der Waals surface area contributed by atoms with E-state index in [0.29, 0.717) is 3.57 Å². The van der Waals surface area contributed by atoms with E-state index in [2.05, 4.69) is 0 Å². The molecular formula is C16H13F3IN3O3. The summed E-state index contributed by atoms with van der Waals surface area (Å²) in [5.74, 6) is -1.22. The summed E-state index contributed by atoms with van der Waals surface area (Å²) in [5.41, 5.74) is 5.68. The van der Waals surface area contributed by atoms with Crippen LogP contribution in [0.5, 0.6) is 0 Å². The van der Waals surface area contributed by atoms with Gasteiger partial charge in [-0.3, -0.25) is 4.79 Å². The van der Waals surface area contributed by atoms with Gasteiger partial charge in [-0.15, -0.1) is 0 Å². The summed E-state index contributed by atoms with van der Waals surface area (Å²) in [6.07, 6.45) is -3.55. The predicted molar refractivity (Wildman–Crippen MR) is 94.8 cm³/mol. The molecule has 2 N–H and O–H groups in total. The number of rotatable bonds is 2. The third-order valence-corrected chi connectivity index (χ3v) is 4.87. The number of alkyl halides is 3. The summed E-state index contributed by atoms with van der Waals surface area (Å²) >= 11 is 1.90. The predicted octanol–water partition coefficient (Wildman–Crippen LogP) is 3.02. The quantitative estimate of drug-likeness (QED) is 0.531. The Hall–Kier alpha value is -2.08. The van der Waals surface area contributed by atoms with Gasteiger partial charge >= 0.3 is 12.1 Å². The Balaban J connectivity index is 2.04. The first kappa shape index (κ1) is 18.7. The van der Waals surface area contributed by atoms with Crippen LogP contribution in [0.4, 0.5) is 18.9 Å². The Bertz CT molecular complexity index is 877. The van der Waals surface area contributed by atoms with Gasteiger partial charge in [0.2, 0.25) is 0 Å². The normalized spacial score (nSPS) is 17.2. The van der Waals surface area contributed by atoms with Crippen LogP contribution >= 0.6 is 22.6 Å². The summed E-state index contributed by atoms with van der Waals surface area (Å²) in [5, 5.41) is 0. The van der Waals surface area contributed by atoms with Crippen molar-refractivity contribution in [2.75, 3.05) is 18.6 Å². The smallest absolute Gasteiger partial charge is 0.416 e. The maximum Gasteiger partial charge on any atom is 0.416 e. The Labute approximate surface area is 159 Å². The third kappa shape index (κ3) is 3.07. The van der Waals surface area contributed by atoms with Gasteiger partial charge in [-0.2, -0.15) is 13.2 Å². The standard InChI is InChI=1S/C16H13F3IN3O3/c1-26-15(25)12-10(20)6-23-11(21)7-22(14(24)13(12)23)9-4-2-8(3-5-9)16(17,18)19/h2-6,11H,7,21H2,1H3/t11-/m1/s1. The zero-order valence-corrected chi connectivity index (χ0v) is 15.5. The van der Waals surface area contributed by atoms with E-state index in [4.69, 9.17) is 10.5 Å². The van der Waals surface area contributed by atoms with Crippen LogP contribution in [0.3, 0.4) is 0 Å². The Morgan fingerprint density at radius 2 is 1.92 bits per heavy atom. The van der Waals surface area contributed by atoms with Crippen molar-refractivity contribution < 1.29 is 27.5 Å². The van der Waals surface area contributed by atoms with Crippen molar-refractivity contribution in [3.8, 4) is 0 Å². The summed E-state index contributed by atoms with van der Waals surface area (Å²) in [7, 11) is 1.20. The molecule has 0 unspecified atom stereocenters. The summed E-state index contributed by atoms with van der Waals surface area (Å²) in [4.78, 5) is 26.2. The number of hydrogen-bond donors (Lipinski definition) is 1. The number of nitrogens with zero attached hydrogens (tertiary/aromatic N) is 2. The van der Waals surface area contributed by atoms with Crippen molar-refractivity contribution >= 4 is 40.2 Å². The van der Waals surface area contributed by atoms with E-state index in [9.17, 15) is 22.8 Å². The molecule has 0 fully saturated rings. The molecule has 2 aromatic rings. The molecular weight excluding hydrogens is 466 g/mol. The first-order valence-electron chi connectivity index (χ1n) is 7.38. The van der Waals surface area contributed by atoms with E-state index >= 15 is 0 Å². The van der Waals surface area contributed by atoms with Crippen LogP contribution in [0, 0.1) is 3.57 Å². The number of aromatic nitrogens is 1. The molecule has 138 valence electrons. The highest BCUT2D eigenvalue weighted by atomic mass is 127. The second-order valence-electron chi connectivity index (χ2n) is 5.63. The van der Waals surface area contributed by atoms with Gasteiger partial charge in [0.1, 0.15) is 11.3 Å². The SMILES string of the molecule is COC(=O)c1c(I)cn2c1C(=O)N(c1ccc(C(F)(F)F)cc1)C[C@@H]2N. The van der Waals surface area contributed by atoms with E-state index in [1.807, 2.05) is 22.6 Å². The minimum Gasteiger partial charge on any atom is -0.465 e. The number of halogens is 4. The maximum atomic E-state index is 12.9. The fourth-order valence-electron chi connectivity index (χ4n) is 2.81. The molecule has 26 heavy (non-hydrogen) atoms. The zero-order valence-electron chi connectivity index (χ0n) is 13.4. The highest BCUT2D eigenvalue weighted by molar-refractivity contribution is 14.1. The number of anilines is 1. The third-order valence-electron chi connectivity index (χ3n) is 4.06. The number of ether oxygens (including phenoxy) is 1. The molecule has 1 aliphatic heterocycles. The number of nitrogens with two attached hydrogens (primary N) is 1. The van der Waals surface area contributed by atoms with Gasteiger partial charge in [-0.05, 0) is 46.9 Å². The van der Waals surface area contributed by atoms with Crippen molar-refractivity contribution in [1.82, 2.24) is 4.57 Å². The van der Waals surface area contributed by atoms with E-state index in [0.717, 1.165) is 12.1 Å². The number of carbonyl (C=O) groups is 2. The molecule has 0 bridgehead atoms. The van der Waals surface area contributed by atoms with Crippen molar-refractivity contribution in [1.29, 1.82) is 0 Å². The second kappa shape index (κ2) is 6.58. The van der Waals surface area contributed by atoms with E-state index in [1.165, 1.54) is 28.7 Å². The number of benzene rings is 1. The van der Waals surface area contributed by atoms with Crippen molar-refractivity contribution in [2.24, 2.45) is 5.73 Å². The van der Waals surface area contributed by atoms with Gasteiger partial charge in [0, 0.05) is 15.5 Å². The molecule has 0 saturated carbocycles. The summed E-state index contributed by atoms with van der Waals surface area (Å²) < 4.78 is 44.9. The van der Waals surface area contributed by atoms with Gasteiger partial charge in [0.25, 0.3) is 5.91 Å². The number of hydrogen-bond acceptors (Lipinski definition) is 4. The molecule has 1 amide bonds. The van der Waals surface area contributed by atoms with Crippen LogP contribution in [0.2, 0.25) is 0 Å². The molecule has 1 aromatic heterocycles. The van der Waals surface area contributed by atoms with Gasteiger partial charge in [-0.25, -0.2) is 4.79 Å². The highest BCUT2D eigenvalue weighted by Gasteiger charge is 2.37. The molecule has 0 aliphatic carbocycles. The minimum atomic E-state index is -4.47. The fourth-order valence-corrected chi connectivity index (χ4v) is 3.58. The van der Waals surface area contributed by atoms with Gasteiger partial charge in [0.15, 0.2) is 0 Å². The molecule has 1 aromatic carbocycles. The lowest BCUT2D eigenvalue weighted by atomic mass is 10.1. The van der Waals surface area contributed by atoms with Crippen LogP contribution in [-0.2, 0) is 10.9 Å². The molecule has 0 radical (unpaired) electrons. The van der Waals surface area contributed by atoms with Crippen LogP contribution in [0.25, 0.3) is 0 Å². The average Bonchev–Trinajstić information content (AvgIpc) is 2.95. The Morgan fingerprint density at radius 1 is 1.31 bits per heavy atom. The summed E-state index contributed by atoms with van der Waals surface area (Å²) in [6.45, 7) is 0.0581. The van der Waals surface area contributed by atoms with Crippen molar-refractivity contribution in [3.63, 3.8) is 0 Å². The number of fused-ring (bicyclic) bond motifs is 1. The maximum absolute atomic E-state index is 12.9. The molecule has 6 nitrogen and oxygen atoms in total. The minimum absolute atomic E-state index is 0.0555. The topological polar surface area (TPSA) is 77.6 Å². The number of esters is 1. The van der Waals surface area contributed by atoms with E-state index < -0.39 is 29.8 Å². The summed E-state index contributed by atoms with van der Waals surface area (Å²) in [6, 6.07) is 4.20. The molecule has 0 saturated heterocycles. The Morgan fingerprint density at radius 3 is 2.46 bits per heavy atom. The highest BCUT2D eigenvalue weighted by Crippen LogP contribution is 2.33. The molecule has 1 aliphatic rings. The lowest BCUT2D eigenvalue weighted by Gasteiger charge is -2.33. The first-order valence-corrected chi connectivity index (χ1v) is 8.46. The van der Waals surface area contributed by atoms with Gasteiger partial charge < -0.3 is 19.9 Å². The Kier molecular flexibility index (Phi) is 4.73. The van der Waals surface area contributed by atoms with E-state index in [-0.39, 0.29) is 23.5 Å². The largest absolute Gasteiger partial charge is 0.465 e. The van der Waals surface area contributed by atoms with E-state index in [1.54, 1.807) is 6.20 Å². The van der Waals surface area contributed by atoms with Crippen LogP contribution in [0.15, 0.2) is 30.5 Å². The molecule has 10 heteroatoms. The van der Waals surface area contributed by atoms with Gasteiger partial charge in [-0.1, -0.05) is 0 Å². The second-order valence-corrected chi connectivity index (χ2v) is 6.79. The lowest BCUT2D eigenvalue weighted by molar-refractivity contribution is -0.137. The first-order chi connectivity index (χ1) is 12.1. The monoisotopic (exact) mass is 479 g/mol. The van der Waals surface area contributed by atoms with Crippen LogP contribution < -0.4 is 10.6 Å². The average molecular weight is 479 g/mol. The van der Waals surface area contributed by atoms with Crippen molar-refractivity contribution in [2.45, 2.75) is 12.3 Å². The van der Waals surface area contributed by atoms with Crippen LogP contribution in [-0.4, -0.2) is 30.1 Å².